The summed E-state index contributed by atoms with van der Waals surface area (Å²) in [5, 5.41) is 10.3. The van der Waals surface area contributed by atoms with Gasteiger partial charge in [-0.25, -0.2) is 19.4 Å². The number of thioether (sulfide) groups is 1. The fourth-order valence-corrected chi connectivity index (χ4v) is 14.1. The Morgan fingerprint density at radius 3 is 1.82 bits per heavy atom. The van der Waals surface area contributed by atoms with Gasteiger partial charge in [-0.05, 0) is 130 Å². The number of thiazole rings is 1. The number of hydrogen-bond acceptors (Lipinski definition) is 22. The van der Waals surface area contributed by atoms with Gasteiger partial charge in [0.15, 0.2) is 22.3 Å². The molecule has 2 N–H and O–H groups in total. The van der Waals surface area contributed by atoms with Crippen molar-refractivity contribution in [3.8, 4) is 34.5 Å². The molecule has 536 valence electrons. The van der Waals surface area contributed by atoms with Gasteiger partial charge in [0.2, 0.25) is 6.10 Å². The van der Waals surface area contributed by atoms with Gasteiger partial charge in [0.05, 0.1) is 66.1 Å². The van der Waals surface area contributed by atoms with Gasteiger partial charge in [-0.2, -0.15) is 0 Å². The lowest BCUT2D eigenvalue weighted by Gasteiger charge is -2.50. The number of amides is 4. The van der Waals surface area contributed by atoms with E-state index in [0.29, 0.717) is 99.4 Å². The Morgan fingerprint density at radius 2 is 1.27 bits per heavy atom. The lowest BCUT2D eigenvalue weighted by Crippen LogP contribution is -2.71. The molecule has 4 aliphatic rings. The number of anilines is 1. The van der Waals surface area contributed by atoms with Crippen LogP contribution in [0, 0.1) is 0 Å². The second kappa shape index (κ2) is 32.8. The second-order valence-corrected chi connectivity index (χ2v) is 28.8. The van der Waals surface area contributed by atoms with Crippen LogP contribution in [-0.2, 0) is 80.6 Å². The highest BCUT2D eigenvalue weighted by Crippen LogP contribution is 2.45. The molecular formula is C73H83ClN7O18S2+. The predicted molar refractivity (Wildman–Crippen MR) is 376 cm³/mol. The molecule has 101 heavy (non-hydrogen) atoms. The number of aromatic nitrogens is 1. The van der Waals surface area contributed by atoms with Crippen LogP contribution in [0.15, 0.2) is 125 Å². The molecule has 2 fully saturated rings. The predicted octanol–water partition coefficient (Wildman–Crippen LogP) is 10.6. The van der Waals surface area contributed by atoms with E-state index in [9.17, 15) is 33.6 Å². The summed E-state index contributed by atoms with van der Waals surface area (Å²) in [7, 11) is 6.25. The van der Waals surface area contributed by atoms with E-state index in [1.54, 1.807) is 117 Å². The first-order chi connectivity index (χ1) is 48.3. The molecule has 6 aromatic rings. The second-order valence-electron chi connectivity index (χ2n) is 26.4. The number of rotatable bonds is 29. The number of β-lactam (4-membered cyclic amide) rings is 1. The lowest BCUT2D eigenvalue weighted by molar-refractivity contribution is -0.911. The van der Waals surface area contributed by atoms with E-state index < -0.39 is 76.7 Å². The van der Waals surface area contributed by atoms with Crippen LogP contribution in [-0.4, -0.2) is 169 Å². The van der Waals surface area contributed by atoms with Gasteiger partial charge in [0.1, 0.15) is 90.0 Å². The van der Waals surface area contributed by atoms with Crippen LogP contribution >= 0.6 is 34.7 Å². The zero-order valence-electron chi connectivity index (χ0n) is 58.0. The summed E-state index contributed by atoms with van der Waals surface area (Å²) >= 11 is 9.50. The zero-order chi connectivity index (χ0) is 72.2. The smallest absolute Gasteiger partial charge is 0.413 e. The molecule has 5 aromatic carbocycles. The topological polar surface area (TPSA) is 277 Å². The van der Waals surface area contributed by atoms with Crippen LogP contribution in [0.4, 0.5) is 9.93 Å². The normalized spacial score (nSPS) is 16.7. The van der Waals surface area contributed by atoms with Gasteiger partial charge >= 0.3 is 24.0 Å². The van der Waals surface area contributed by atoms with E-state index in [1.807, 2.05) is 53.4 Å². The Morgan fingerprint density at radius 1 is 0.723 bits per heavy atom. The molecule has 28 heteroatoms. The number of ether oxygens (including phenoxy) is 10. The third kappa shape index (κ3) is 19.1. The van der Waals surface area contributed by atoms with Crippen molar-refractivity contribution in [3.05, 3.63) is 164 Å². The number of quaternary nitrogens is 1. The third-order valence-electron chi connectivity index (χ3n) is 16.9. The fourth-order valence-electron chi connectivity index (χ4n) is 11.8. The first kappa shape index (κ1) is 74.1. The van der Waals surface area contributed by atoms with Gasteiger partial charge in [0, 0.05) is 41.7 Å². The Kier molecular flexibility index (Phi) is 24.1. The average molecular weight is 1450 g/mol. The van der Waals surface area contributed by atoms with Crippen molar-refractivity contribution in [2.45, 2.75) is 122 Å². The minimum atomic E-state index is -1.78. The minimum absolute atomic E-state index is 0.0116. The molecule has 1 aromatic heterocycles. The number of halogens is 1. The number of esters is 3. The molecule has 25 nitrogen and oxygen atoms in total. The van der Waals surface area contributed by atoms with Crippen molar-refractivity contribution in [2.24, 2.45) is 5.16 Å². The molecule has 3 atom stereocenters. The molecule has 2 saturated heterocycles. The molecule has 0 bridgehead atoms. The van der Waals surface area contributed by atoms with E-state index >= 15 is 0 Å². The maximum atomic E-state index is 15.0. The molecule has 4 aliphatic heterocycles. The molecule has 0 radical (unpaired) electrons. The molecule has 0 saturated carbocycles. The number of methoxy groups -OCH3 is 4. The van der Waals surface area contributed by atoms with E-state index in [1.165, 1.54) is 29.2 Å². The van der Waals surface area contributed by atoms with Crippen molar-refractivity contribution in [1.29, 1.82) is 0 Å². The standard InChI is InChI=1S/C73H82ClN7O18S2/c1-72(2,3)97-58(82)36-57(68(86)95-40-46-17-25-51(91-9)26-18-46)99-78-60(55-43-101-70(75-55)77-71(88)98-73(4,5)6)64(83)76-61-66(85)80-62(69(87)96-41-47-19-27-52(92-10)28-20-47)48(42-100-67(61)80)37-81(32-11-12-33-81)34-31-79-30-29-53-54(65(79)84)35-56(93-38-44-13-21-49(89-7)22-14-44)63(59(53)74)94-39-45-15-23-50(90-8)24-16-45/h13-28,35,43,57,61,67H,11-12,29-34,36-42H2,1-10H3,(H-,75,76,77,83,88)/p+1/b78-60-/t57-,61+,67+/m0/s1. The molecule has 4 amide bonds. The number of nitrogens with one attached hydrogen (secondary N) is 2. The number of nitrogens with zero attached hydrogens (tertiary/aromatic N) is 5. The summed E-state index contributed by atoms with van der Waals surface area (Å²) in [4.78, 5) is 113. The molecule has 0 unspecified atom stereocenters. The van der Waals surface area contributed by atoms with E-state index in [4.69, 9.17) is 63.8 Å². The molecule has 0 spiro atoms. The maximum Gasteiger partial charge on any atom is 0.413 e. The van der Waals surface area contributed by atoms with Crippen molar-refractivity contribution in [3.63, 3.8) is 0 Å². The highest BCUT2D eigenvalue weighted by Gasteiger charge is 2.56. The number of hydrogen-bond donors (Lipinski definition) is 2. The van der Waals surface area contributed by atoms with Gasteiger partial charge < -0.3 is 66.9 Å². The SMILES string of the molecule is COc1ccc(COC(=O)C2=C(C[N+]3(CCN4CCc5c(cc(OCc6ccc(OC)cc6)c(OCc6ccc(OC)cc6)c5Cl)C4=O)CCCC3)CS[C@@H]3[C@H](NC(=O)/C(=N\O[C@@H](CC(=O)OC(C)(C)C)C(=O)OCc4ccc(OC)cc4)c4csc(NC(=O)OC(C)(C)C)n4)C(=O)N23)cc1. The summed E-state index contributed by atoms with van der Waals surface area (Å²) in [5.74, 6) is -1.09. The van der Waals surface area contributed by atoms with E-state index in [0.717, 1.165) is 48.4 Å². The van der Waals surface area contributed by atoms with Gasteiger partial charge in [-0.1, -0.05) is 65.3 Å². The number of oxime groups is 1. The Hall–Kier alpha value is -9.57. The quantitative estimate of drug-likeness (QED) is 0.0110. The van der Waals surface area contributed by atoms with Gasteiger partial charge in [0.25, 0.3) is 17.7 Å². The van der Waals surface area contributed by atoms with Crippen LogP contribution in [0.1, 0.15) is 105 Å². The van der Waals surface area contributed by atoms with Crippen LogP contribution in [0.2, 0.25) is 5.02 Å². The highest BCUT2D eigenvalue weighted by atomic mass is 35.5. The first-order valence-corrected chi connectivity index (χ1v) is 35.1. The monoisotopic (exact) mass is 1440 g/mol. The molecular weight excluding hydrogens is 1360 g/mol. The molecule has 5 heterocycles. The van der Waals surface area contributed by atoms with Crippen LogP contribution in [0.5, 0.6) is 34.5 Å². The number of likely N-dealkylation sites (tertiary alicyclic amines) is 1. The Balaban J connectivity index is 0.907. The van der Waals surface area contributed by atoms with Crippen LogP contribution in [0.3, 0.4) is 0 Å². The largest absolute Gasteiger partial charge is 0.497 e. The summed E-state index contributed by atoms with van der Waals surface area (Å²) in [5.41, 5.74) is 2.12. The lowest BCUT2D eigenvalue weighted by atomic mass is 9.97. The molecule has 10 rings (SSSR count). The van der Waals surface area contributed by atoms with E-state index in [2.05, 4.69) is 20.8 Å². The third-order valence-corrected chi connectivity index (χ3v) is 19.4. The van der Waals surface area contributed by atoms with Gasteiger partial charge in [-0.3, -0.25) is 29.4 Å². The van der Waals surface area contributed by atoms with Crippen molar-refractivity contribution >= 4 is 87.3 Å². The maximum absolute atomic E-state index is 15.0. The Bertz CT molecular complexity index is 4060. The van der Waals surface area contributed by atoms with Crippen molar-refractivity contribution in [2.75, 3.05) is 78.8 Å². The zero-order valence-corrected chi connectivity index (χ0v) is 60.4. The van der Waals surface area contributed by atoms with Crippen molar-refractivity contribution in [1.82, 2.24) is 20.1 Å². The summed E-state index contributed by atoms with van der Waals surface area (Å²) in [6, 6.07) is 29.1. The number of benzene rings is 5. The van der Waals surface area contributed by atoms with Crippen LogP contribution < -0.4 is 39.1 Å². The van der Waals surface area contributed by atoms with Crippen LogP contribution in [0.25, 0.3) is 0 Å². The molecule has 0 aliphatic carbocycles. The number of carbonyl (C=O) groups is 7. The summed E-state index contributed by atoms with van der Waals surface area (Å²) < 4.78 is 57.3. The summed E-state index contributed by atoms with van der Waals surface area (Å²) in [6.07, 6.45) is -1.14. The summed E-state index contributed by atoms with van der Waals surface area (Å²) in [6.45, 7) is 12.9. The Labute approximate surface area is 599 Å². The minimum Gasteiger partial charge on any atom is -0.497 e. The van der Waals surface area contributed by atoms with E-state index in [-0.39, 0.29) is 59.6 Å². The fraction of sp³-hybridized carbons (Fsp3) is 0.411. The highest BCUT2D eigenvalue weighted by molar-refractivity contribution is 8.00. The number of fused-ring (bicyclic) bond motifs is 2. The number of carbonyl (C=O) groups excluding carboxylic acids is 7. The van der Waals surface area contributed by atoms with Crippen molar-refractivity contribution < 1.29 is 90.3 Å². The average Bonchev–Trinajstić information content (AvgIpc) is 1.04. The van der Waals surface area contributed by atoms with Gasteiger partial charge in [-0.15, -0.1) is 23.1 Å². The first-order valence-electron chi connectivity index (χ1n) is 32.8.